The summed E-state index contributed by atoms with van der Waals surface area (Å²) in [6.07, 6.45) is 4.45. The van der Waals surface area contributed by atoms with Crippen LogP contribution in [0.3, 0.4) is 0 Å². The summed E-state index contributed by atoms with van der Waals surface area (Å²) in [4.78, 5) is 19.0. The first-order chi connectivity index (χ1) is 12.6. The van der Waals surface area contributed by atoms with Gasteiger partial charge in [-0.15, -0.1) is 0 Å². The first-order valence-electron chi connectivity index (χ1n) is 9.24. The zero-order valence-electron chi connectivity index (χ0n) is 14.6. The van der Waals surface area contributed by atoms with Crippen LogP contribution in [0.5, 0.6) is 0 Å². The van der Waals surface area contributed by atoms with Gasteiger partial charge in [0.05, 0.1) is 0 Å². The van der Waals surface area contributed by atoms with Crippen molar-refractivity contribution < 1.29 is 13.7 Å². The Kier molecular flexibility index (Phi) is 4.72. The van der Waals surface area contributed by atoms with Crippen LogP contribution >= 0.6 is 0 Å². The van der Waals surface area contributed by atoms with E-state index in [0.29, 0.717) is 30.3 Å². The highest BCUT2D eigenvalue weighted by Crippen LogP contribution is 2.39. The maximum Gasteiger partial charge on any atom is 0.249 e. The molecule has 0 unspecified atom stereocenters. The number of nitrogens with two attached hydrogens (primary N) is 1. The minimum Gasteiger partial charge on any atom is -0.337 e. The minimum absolute atomic E-state index is 0.0393. The van der Waals surface area contributed by atoms with Crippen LogP contribution in [0.2, 0.25) is 0 Å². The molecule has 2 atom stereocenters. The standard InChI is InChI=1S/C19H23FN4O2/c20-15-5-2-1-4-13(15)10-14(21)11-17(25)24-9-3-6-16(24)19-22-18(23-26-19)12-7-8-12/h1-2,4-5,12,14,16H,3,6-11,21H2/t14-,16+/m1/s1. The highest BCUT2D eigenvalue weighted by atomic mass is 19.1. The predicted octanol–water partition coefficient (Wildman–Crippen LogP) is 2.71. The van der Waals surface area contributed by atoms with Gasteiger partial charge in [-0.25, -0.2) is 4.39 Å². The number of nitrogens with zero attached hydrogens (tertiary/aromatic N) is 3. The number of halogens is 1. The van der Waals surface area contributed by atoms with Gasteiger partial charge < -0.3 is 15.2 Å². The van der Waals surface area contributed by atoms with Crippen molar-refractivity contribution >= 4 is 5.91 Å². The van der Waals surface area contributed by atoms with Gasteiger partial charge >= 0.3 is 0 Å². The highest BCUT2D eigenvalue weighted by molar-refractivity contribution is 5.77. The molecule has 7 heteroatoms. The van der Waals surface area contributed by atoms with Crippen molar-refractivity contribution in [3.05, 3.63) is 47.4 Å². The normalized spacial score (nSPS) is 21.2. The Balaban J connectivity index is 1.39. The van der Waals surface area contributed by atoms with Crippen LogP contribution < -0.4 is 5.73 Å². The average molecular weight is 358 g/mol. The van der Waals surface area contributed by atoms with Gasteiger partial charge in [0.1, 0.15) is 11.9 Å². The lowest BCUT2D eigenvalue weighted by atomic mass is 10.0. The van der Waals surface area contributed by atoms with Crippen LogP contribution in [0.25, 0.3) is 0 Å². The molecule has 1 saturated carbocycles. The van der Waals surface area contributed by atoms with Crippen molar-refractivity contribution in [1.82, 2.24) is 15.0 Å². The Labute approximate surface area is 151 Å². The third-order valence-electron chi connectivity index (χ3n) is 5.13. The summed E-state index contributed by atoms with van der Waals surface area (Å²) in [7, 11) is 0. The van der Waals surface area contributed by atoms with E-state index in [1.807, 2.05) is 0 Å². The summed E-state index contributed by atoms with van der Waals surface area (Å²) in [5.74, 6) is 1.39. The molecule has 2 N–H and O–H groups in total. The molecule has 1 aromatic heterocycles. The van der Waals surface area contributed by atoms with Crippen LogP contribution in [-0.4, -0.2) is 33.5 Å². The topological polar surface area (TPSA) is 85.3 Å². The number of hydrogen-bond acceptors (Lipinski definition) is 5. The van der Waals surface area contributed by atoms with E-state index in [1.165, 1.54) is 6.07 Å². The summed E-state index contributed by atoms with van der Waals surface area (Å²) in [5, 5.41) is 4.05. The van der Waals surface area contributed by atoms with E-state index < -0.39 is 6.04 Å². The molecule has 26 heavy (non-hydrogen) atoms. The fourth-order valence-corrected chi connectivity index (χ4v) is 3.57. The molecule has 0 spiro atoms. The lowest BCUT2D eigenvalue weighted by Crippen LogP contribution is -2.36. The highest BCUT2D eigenvalue weighted by Gasteiger charge is 2.36. The number of benzene rings is 1. The van der Waals surface area contributed by atoms with E-state index in [-0.39, 0.29) is 24.2 Å². The molecule has 6 nitrogen and oxygen atoms in total. The van der Waals surface area contributed by atoms with Crippen molar-refractivity contribution in [3.8, 4) is 0 Å². The Morgan fingerprint density at radius 1 is 1.35 bits per heavy atom. The van der Waals surface area contributed by atoms with Gasteiger partial charge in [-0.1, -0.05) is 23.4 Å². The van der Waals surface area contributed by atoms with Gasteiger partial charge in [0, 0.05) is 24.9 Å². The fraction of sp³-hybridized carbons (Fsp3) is 0.526. The largest absolute Gasteiger partial charge is 0.337 e. The van der Waals surface area contributed by atoms with E-state index in [1.54, 1.807) is 23.1 Å². The van der Waals surface area contributed by atoms with Gasteiger partial charge in [-0.05, 0) is 43.7 Å². The van der Waals surface area contributed by atoms with E-state index in [0.717, 1.165) is 31.5 Å². The van der Waals surface area contributed by atoms with Crippen molar-refractivity contribution in [2.45, 2.75) is 56.5 Å². The van der Waals surface area contributed by atoms with Crippen molar-refractivity contribution in [1.29, 1.82) is 0 Å². The number of rotatable bonds is 6. The maximum atomic E-state index is 13.8. The molecule has 2 aliphatic rings. The summed E-state index contributed by atoms with van der Waals surface area (Å²) in [6, 6.07) is 5.94. The first-order valence-corrected chi connectivity index (χ1v) is 9.24. The quantitative estimate of drug-likeness (QED) is 0.858. The summed E-state index contributed by atoms with van der Waals surface area (Å²) in [5.41, 5.74) is 6.65. The Morgan fingerprint density at radius 3 is 2.92 bits per heavy atom. The van der Waals surface area contributed by atoms with Gasteiger partial charge in [0.25, 0.3) is 0 Å². The van der Waals surface area contributed by atoms with E-state index >= 15 is 0 Å². The predicted molar refractivity (Wildman–Crippen MR) is 92.7 cm³/mol. The van der Waals surface area contributed by atoms with Crippen LogP contribution in [0.15, 0.2) is 28.8 Å². The number of amides is 1. The Morgan fingerprint density at radius 2 is 2.15 bits per heavy atom. The first kappa shape index (κ1) is 17.1. The molecule has 138 valence electrons. The molecule has 2 fully saturated rings. The minimum atomic E-state index is -0.426. The Hall–Kier alpha value is -2.28. The third kappa shape index (κ3) is 3.62. The van der Waals surface area contributed by atoms with Crippen LogP contribution in [0.4, 0.5) is 4.39 Å². The molecule has 1 saturated heterocycles. The molecule has 1 amide bonds. The van der Waals surface area contributed by atoms with Gasteiger partial charge in [-0.3, -0.25) is 4.79 Å². The molecule has 0 radical (unpaired) electrons. The average Bonchev–Trinajstić information content (AvgIpc) is 3.16. The molecule has 0 bridgehead atoms. The number of carbonyl (C=O) groups is 1. The van der Waals surface area contributed by atoms with Gasteiger partial charge in [-0.2, -0.15) is 4.98 Å². The van der Waals surface area contributed by atoms with Gasteiger partial charge in [0.15, 0.2) is 5.82 Å². The number of likely N-dealkylation sites (tertiary alicyclic amines) is 1. The zero-order valence-corrected chi connectivity index (χ0v) is 14.6. The second kappa shape index (κ2) is 7.15. The lowest BCUT2D eigenvalue weighted by molar-refractivity contribution is -0.132. The van der Waals surface area contributed by atoms with Crippen LogP contribution in [-0.2, 0) is 11.2 Å². The molecular formula is C19H23FN4O2. The second-order valence-electron chi connectivity index (χ2n) is 7.27. The molecular weight excluding hydrogens is 335 g/mol. The summed E-state index contributed by atoms with van der Waals surface area (Å²) >= 11 is 0. The molecule has 1 aromatic carbocycles. The molecule has 1 aliphatic heterocycles. The summed E-state index contributed by atoms with van der Waals surface area (Å²) < 4.78 is 19.2. The molecule has 1 aliphatic carbocycles. The molecule has 2 heterocycles. The number of carbonyl (C=O) groups excluding carboxylic acids is 1. The van der Waals surface area contributed by atoms with E-state index in [2.05, 4.69) is 10.1 Å². The lowest BCUT2D eigenvalue weighted by Gasteiger charge is -2.23. The number of hydrogen-bond donors (Lipinski definition) is 1. The molecule has 2 aromatic rings. The van der Waals surface area contributed by atoms with Gasteiger partial charge in [0.2, 0.25) is 11.8 Å². The second-order valence-corrected chi connectivity index (χ2v) is 7.27. The summed E-state index contributed by atoms with van der Waals surface area (Å²) in [6.45, 7) is 0.664. The maximum absolute atomic E-state index is 13.8. The van der Waals surface area contributed by atoms with Crippen molar-refractivity contribution in [3.63, 3.8) is 0 Å². The zero-order chi connectivity index (χ0) is 18.1. The fourth-order valence-electron chi connectivity index (χ4n) is 3.57. The smallest absolute Gasteiger partial charge is 0.249 e. The molecule has 4 rings (SSSR count). The van der Waals surface area contributed by atoms with E-state index in [9.17, 15) is 9.18 Å². The van der Waals surface area contributed by atoms with Crippen molar-refractivity contribution in [2.24, 2.45) is 5.73 Å². The SMILES string of the molecule is N[C@@H](CC(=O)N1CCC[C@H]1c1nc(C2CC2)no1)Cc1ccccc1F. The monoisotopic (exact) mass is 358 g/mol. The third-order valence-corrected chi connectivity index (χ3v) is 5.13. The van der Waals surface area contributed by atoms with E-state index in [4.69, 9.17) is 10.3 Å². The van der Waals surface area contributed by atoms with Crippen LogP contribution in [0, 0.1) is 5.82 Å². The van der Waals surface area contributed by atoms with Crippen LogP contribution in [0.1, 0.15) is 61.3 Å². The number of aromatic nitrogens is 2. The Bertz CT molecular complexity index is 789. The van der Waals surface area contributed by atoms with Crippen molar-refractivity contribution in [2.75, 3.05) is 6.54 Å².